The molecule has 1 spiro atoms. The van der Waals surface area contributed by atoms with Crippen molar-refractivity contribution in [1.82, 2.24) is 0 Å². The topological polar surface area (TPSA) is 110 Å². The number of aliphatic hydroxyl groups is 2. The lowest BCUT2D eigenvalue weighted by molar-refractivity contribution is -0.222. The van der Waals surface area contributed by atoms with E-state index in [1.54, 1.807) is 6.92 Å². The molecule has 4 aliphatic rings. The van der Waals surface area contributed by atoms with Gasteiger partial charge in [-0.2, -0.15) is 0 Å². The van der Waals surface area contributed by atoms with E-state index >= 15 is 0 Å². The third-order valence-electron chi connectivity index (χ3n) is 5.63. The number of rotatable bonds is 0. The summed E-state index contributed by atoms with van der Waals surface area (Å²) in [7, 11) is 0. The molecule has 0 radical (unpaired) electrons. The number of esters is 2. The van der Waals surface area contributed by atoms with Crippen LogP contribution in [0.1, 0.15) is 13.3 Å². The number of fused-ring (bicyclic) bond motifs is 4. The van der Waals surface area contributed by atoms with Gasteiger partial charge in [-0.3, -0.25) is 4.79 Å². The molecule has 7 heteroatoms. The van der Waals surface area contributed by atoms with Gasteiger partial charge < -0.3 is 19.7 Å². The number of carbonyl (C=O) groups excluding carboxylic acids is 3. The van der Waals surface area contributed by atoms with Gasteiger partial charge in [0.1, 0.15) is 12.7 Å². The molecule has 2 heterocycles. The minimum absolute atomic E-state index is 0.0424. The smallest absolute Gasteiger partial charge is 0.342 e. The first-order valence-electron chi connectivity index (χ1n) is 6.87. The molecule has 2 bridgehead atoms. The Morgan fingerprint density at radius 2 is 2.05 bits per heavy atom. The van der Waals surface area contributed by atoms with E-state index in [0.717, 1.165) is 0 Å². The molecule has 112 valence electrons. The van der Waals surface area contributed by atoms with E-state index in [2.05, 4.69) is 0 Å². The third kappa shape index (κ3) is 1.17. The molecule has 21 heavy (non-hydrogen) atoms. The molecule has 2 aliphatic carbocycles. The molecule has 3 fully saturated rings. The van der Waals surface area contributed by atoms with Gasteiger partial charge in [-0.25, -0.2) is 9.59 Å². The monoisotopic (exact) mass is 294 g/mol. The maximum Gasteiger partial charge on any atom is 0.342 e. The van der Waals surface area contributed by atoms with Crippen molar-refractivity contribution < 1.29 is 34.1 Å². The summed E-state index contributed by atoms with van der Waals surface area (Å²) in [6.07, 6.45) is -1.18. The number of cyclic esters (lactones) is 1. The first kappa shape index (κ1) is 13.0. The van der Waals surface area contributed by atoms with E-state index in [-0.39, 0.29) is 18.8 Å². The zero-order chi connectivity index (χ0) is 15.2. The lowest BCUT2D eigenvalue weighted by Gasteiger charge is -2.54. The minimum atomic E-state index is -1.96. The van der Waals surface area contributed by atoms with Crippen molar-refractivity contribution in [2.24, 2.45) is 17.3 Å². The summed E-state index contributed by atoms with van der Waals surface area (Å²) in [6.45, 7) is 1.57. The number of hydrogen-bond donors (Lipinski definition) is 2. The minimum Gasteiger partial charge on any atom is -0.463 e. The van der Waals surface area contributed by atoms with Gasteiger partial charge >= 0.3 is 11.9 Å². The highest BCUT2D eigenvalue weighted by molar-refractivity contribution is 5.99. The molecule has 2 saturated heterocycles. The summed E-state index contributed by atoms with van der Waals surface area (Å²) >= 11 is 0. The Morgan fingerprint density at radius 3 is 2.76 bits per heavy atom. The third-order valence-corrected chi connectivity index (χ3v) is 5.63. The zero-order valence-corrected chi connectivity index (χ0v) is 11.2. The molecule has 7 nitrogen and oxygen atoms in total. The number of carbonyl (C=O) groups is 3. The van der Waals surface area contributed by atoms with Gasteiger partial charge in [0.05, 0.1) is 5.92 Å². The second-order valence-corrected chi connectivity index (χ2v) is 6.27. The van der Waals surface area contributed by atoms with Crippen molar-refractivity contribution in [1.29, 1.82) is 0 Å². The molecule has 1 saturated carbocycles. The van der Waals surface area contributed by atoms with Crippen LogP contribution in [0.25, 0.3) is 0 Å². The zero-order valence-electron chi connectivity index (χ0n) is 11.2. The maximum absolute atomic E-state index is 12.1. The van der Waals surface area contributed by atoms with Crippen LogP contribution in [-0.2, 0) is 23.9 Å². The SMILES string of the molecule is C[C@H]1C(=O)C=C2[C@@H]3COC(=O)[C@]3(O)[C@H]3CC21C(O)C(=O)O3. The maximum atomic E-state index is 12.1. The van der Waals surface area contributed by atoms with Gasteiger partial charge in [-0.05, 0) is 11.6 Å². The number of aliphatic hydroxyl groups excluding tert-OH is 1. The van der Waals surface area contributed by atoms with Crippen LogP contribution in [0.3, 0.4) is 0 Å². The van der Waals surface area contributed by atoms with Gasteiger partial charge in [0, 0.05) is 17.8 Å². The standard InChI is InChI=1S/C14H14O7/c1-5-8(15)2-6-7-4-20-12(18)14(7,19)9-3-13(5,6)10(16)11(17)21-9/h2,5,7,9-10,16,19H,3-4H2,1H3/t5-,7-,9+,10?,13?,14+/m0/s1. The van der Waals surface area contributed by atoms with Crippen LogP contribution in [0.15, 0.2) is 11.6 Å². The average Bonchev–Trinajstić information content (AvgIpc) is 2.87. The molecule has 2 aliphatic heterocycles. The predicted octanol–water partition coefficient (Wildman–Crippen LogP) is -1.29. The molecule has 0 aromatic rings. The average molecular weight is 294 g/mol. The fourth-order valence-corrected chi connectivity index (χ4v) is 4.38. The van der Waals surface area contributed by atoms with Crippen molar-refractivity contribution in [2.75, 3.05) is 6.61 Å². The van der Waals surface area contributed by atoms with Crippen LogP contribution in [-0.4, -0.2) is 52.4 Å². The Balaban J connectivity index is 1.96. The van der Waals surface area contributed by atoms with E-state index in [0.29, 0.717) is 5.57 Å². The van der Waals surface area contributed by atoms with Crippen molar-refractivity contribution in [3.05, 3.63) is 11.6 Å². The Hall–Kier alpha value is -1.73. The Kier molecular flexibility index (Phi) is 2.18. The molecule has 2 N–H and O–H groups in total. The van der Waals surface area contributed by atoms with E-state index in [4.69, 9.17) is 9.47 Å². The quantitative estimate of drug-likeness (QED) is 0.535. The fraction of sp³-hybridized carbons (Fsp3) is 0.643. The van der Waals surface area contributed by atoms with Crippen LogP contribution in [0, 0.1) is 17.3 Å². The van der Waals surface area contributed by atoms with Crippen LogP contribution in [0.4, 0.5) is 0 Å². The number of ether oxygens (including phenoxy) is 2. The van der Waals surface area contributed by atoms with Crippen molar-refractivity contribution >= 4 is 17.7 Å². The van der Waals surface area contributed by atoms with E-state index in [9.17, 15) is 24.6 Å². The van der Waals surface area contributed by atoms with Gasteiger partial charge in [0.2, 0.25) is 5.60 Å². The lowest BCUT2D eigenvalue weighted by Crippen LogP contribution is -2.68. The summed E-state index contributed by atoms with van der Waals surface area (Å²) in [4.78, 5) is 36.0. The van der Waals surface area contributed by atoms with Gasteiger partial charge in [0.25, 0.3) is 0 Å². The summed E-state index contributed by atoms with van der Waals surface area (Å²) in [5.74, 6) is -3.34. The highest BCUT2D eigenvalue weighted by Gasteiger charge is 2.74. The van der Waals surface area contributed by atoms with Gasteiger partial charge in [-0.1, -0.05) is 6.92 Å². The summed E-state index contributed by atoms with van der Waals surface area (Å²) in [5, 5.41) is 21.1. The number of hydrogen-bond acceptors (Lipinski definition) is 7. The molecule has 2 unspecified atom stereocenters. The van der Waals surface area contributed by atoms with Crippen LogP contribution >= 0.6 is 0 Å². The molecular formula is C14H14O7. The summed E-state index contributed by atoms with van der Waals surface area (Å²) in [6, 6.07) is 0. The molecule has 0 aromatic carbocycles. The van der Waals surface area contributed by atoms with Crippen molar-refractivity contribution in [3.8, 4) is 0 Å². The van der Waals surface area contributed by atoms with E-state index in [1.165, 1.54) is 6.08 Å². The largest absolute Gasteiger partial charge is 0.463 e. The summed E-state index contributed by atoms with van der Waals surface area (Å²) < 4.78 is 10.0. The highest BCUT2D eigenvalue weighted by Crippen LogP contribution is 2.62. The molecular weight excluding hydrogens is 280 g/mol. The van der Waals surface area contributed by atoms with Gasteiger partial charge in [0.15, 0.2) is 11.9 Å². The first-order valence-corrected chi connectivity index (χ1v) is 6.87. The lowest BCUT2D eigenvalue weighted by atomic mass is 9.54. The Bertz CT molecular complexity index is 623. The molecule has 0 amide bonds. The second-order valence-electron chi connectivity index (χ2n) is 6.27. The molecule has 6 atom stereocenters. The van der Waals surface area contributed by atoms with Crippen LogP contribution in [0.2, 0.25) is 0 Å². The Labute approximate surface area is 119 Å². The normalized spacial score (nSPS) is 51.0. The van der Waals surface area contributed by atoms with Gasteiger partial charge in [-0.15, -0.1) is 0 Å². The van der Waals surface area contributed by atoms with Crippen molar-refractivity contribution in [2.45, 2.75) is 31.2 Å². The van der Waals surface area contributed by atoms with Crippen LogP contribution < -0.4 is 0 Å². The van der Waals surface area contributed by atoms with E-state index < -0.39 is 47.0 Å². The number of allylic oxidation sites excluding steroid dienone is 1. The fourth-order valence-electron chi connectivity index (χ4n) is 4.38. The Morgan fingerprint density at radius 1 is 1.33 bits per heavy atom. The number of ketones is 1. The van der Waals surface area contributed by atoms with E-state index in [1.807, 2.05) is 0 Å². The molecule has 4 rings (SSSR count). The van der Waals surface area contributed by atoms with Crippen molar-refractivity contribution in [3.63, 3.8) is 0 Å². The highest BCUT2D eigenvalue weighted by atomic mass is 16.6. The summed E-state index contributed by atoms with van der Waals surface area (Å²) in [5.41, 5.74) is -2.62. The second kappa shape index (κ2) is 3.53. The van der Waals surface area contributed by atoms with Crippen LogP contribution in [0.5, 0.6) is 0 Å². The first-order chi connectivity index (χ1) is 9.83. The predicted molar refractivity (Wildman–Crippen MR) is 64.6 cm³/mol. The molecule has 0 aromatic heterocycles.